The molecule has 0 radical (unpaired) electrons. The van der Waals surface area contributed by atoms with Gasteiger partial charge in [0.2, 0.25) is 0 Å². The van der Waals surface area contributed by atoms with Gasteiger partial charge in [0.1, 0.15) is 11.9 Å². The molecule has 84 valence electrons. The first-order chi connectivity index (χ1) is 6.93. The van der Waals surface area contributed by atoms with E-state index >= 15 is 0 Å². The number of aliphatic hydroxyl groups excluding tert-OH is 1. The number of rotatable bonds is 5. The van der Waals surface area contributed by atoms with Crippen LogP contribution in [0.2, 0.25) is 0 Å². The van der Waals surface area contributed by atoms with E-state index in [1.54, 1.807) is 6.92 Å². The molecule has 0 saturated carbocycles. The van der Waals surface area contributed by atoms with Crippen LogP contribution < -0.4 is 0 Å². The van der Waals surface area contributed by atoms with Crippen molar-refractivity contribution in [2.24, 2.45) is 0 Å². The predicted octanol–water partition coefficient (Wildman–Crippen LogP) is 0.845. The Balaban J connectivity index is 5.05. The third kappa shape index (κ3) is 3.95. The van der Waals surface area contributed by atoms with E-state index < -0.39 is 18.0 Å². The number of aliphatic hydroxyl groups is 1. The van der Waals surface area contributed by atoms with Crippen LogP contribution in [0.3, 0.4) is 0 Å². The summed E-state index contributed by atoms with van der Waals surface area (Å²) in [6, 6.07) is 0. The van der Waals surface area contributed by atoms with Crippen LogP contribution in [-0.4, -0.2) is 28.3 Å². The normalized spacial score (nSPS) is 13.8. The largest absolute Gasteiger partial charge is 0.478 e. The number of hydrogen-bond donors (Lipinski definition) is 2. The fourth-order valence-electron chi connectivity index (χ4n) is 0.835. The molecule has 5 heteroatoms. The highest BCUT2D eigenvalue weighted by molar-refractivity contribution is 5.88. The average molecular weight is 214 g/mol. The van der Waals surface area contributed by atoms with Gasteiger partial charge in [0, 0.05) is 6.08 Å². The molecule has 0 amide bonds. The quantitative estimate of drug-likeness (QED) is 0.402. The Morgan fingerprint density at radius 2 is 2.07 bits per heavy atom. The van der Waals surface area contributed by atoms with E-state index in [0.717, 1.165) is 6.08 Å². The summed E-state index contributed by atoms with van der Waals surface area (Å²) in [5, 5.41) is 18.1. The van der Waals surface area contributed by atoms with Crippen molar-refractivity contribution in [3.63, 3.8) is 0 Å². The number of esters is 1. The zero-order valence-electron chi connectivity index (χ0n) is 8.69. The third-order valence-corrected chi connectivity index (χ3v) is 1.76. The van der Waals surface area contributed by atoms with Crippen LogP contribution in [0, 0.1) is 0 Å². The van der Waals surface area contributed by atoms with E-state index in [1.165, 1.54) is 6.92 Å². The third-order valence-electron chi connectivity index (χ3n) is 1.76. The van der Waals surface area contributed by atoms with E-state index in [-0.39, 0.29) is 17.8 Å². The average Bonchev–Trinajstić information content (AvgIpc) is 2.23. The number of aliphatic carboxylic acids is 1. The topological polar surface area (TPSA) is 83.8 Å². The van der Waals surface area contributed by atoms with Gasteiger partial charge in [-0.2, -0.15) is 0 Å². The molecule has 0 saturated heterocycles. The zero-order chi connectivity index (χ0) is 12.0. The molecule has 0 bridgehead atoms. The summed E-state index contributed by atoms with van der Waals surface area (Å²) < 4.78 is 4.67. The van der Waals surface area contributed by atoms with Crippen LogP contribution in [-0.2, 0) is 14.3 Å². The molecule has 0 aromatic carbocycles. The molecule has 0 rings (SSSR count). The molecule has 0 aliphatic carbocycles. The van der Waals surface area contributed by atoms with Crippen molar-refractivity contribution in [1.82, 2.24) is 0 Å². The van der Waals surface area contributed by atoms with Crippen LogP contribution in [0.15, 0.2) is 24.0 Å². The molecular weight excluding hydrogens is 200 g/mol. The highest BCUT2D eigenvalue weighted by Gasteiger charge is 2.20. The minimum Gasteiger partial charge on any atom is -0.478 e. The van der Waals surface area contributed by atoms with Crippen molar-refractivity contribution < 1.29 is 24.5 Å². The van der Waals surface area contributed by atoms with Gasteiger partial charge in [-0.05, 0) is 13.3 Å². The lowest BCUT2D eigenvalue weighted by Crippen LogP contribution is -2.19. The summed E-state index contributed by atoms with van der Waals surface area (Å²) in [6.07, 6.45) is 0.0482. The molecule has 15 heavy (non-hydrogen) atoms. The maximum absolute atomic E-state index is 10.9. The van der Waals surface area contributed by atoms with E-state index in [0.29, 0.717) is 0 Å². The molecule has 0 aromatic heterocycles. The molecule has 5 nitrogen and oxygen atoms in total. The Kier molecular flexibility index (Phi) is 5.33. The minimum absolute atomic E-state index is 0.195. The number of carboxylic acids is 1. The standard InChI is InChI=1S/C10H14O5/c1-4-7(11)9(6(3)10(13)14)15-8(12)5-2/h5,7,11H,2,4H2,1,3H3,(H,13,14). The minimum atomic E-state index is -1.24. The van der Waals surface area contributed by atoms with E-state index in [9.17, 15) is 14.7 Å². The monoisotopic (exact) mass is 214 g/mol. The van der Waals surface area contributed by atoms with Crippen molar-refractivity contribution in [1.29, 1.82) is 0 Å². The number of carboxylic acid groups (broad SMARTS) is 1. The predicted molar refractivity (Wildman–Crippen MR) is 52.9 cm³/mol. The van der Waals surface area contributed by atoms with E-state index in [4.69, 9.17) is 5.11 Å². The first kappa shape index (κ1) is 13.4. The first-order valence-electron chi connectivity index (χ1n) is 4.40. The fourth-order valence-corrected chi connectivity index (χ4v) is 0.835. The number of ether oxygens (including phenoxy) is 1. The molecule has 0 spiro atoms. The summed E-state index contributed by atoms with van der Waals surface area (Å²) in [4.78, 5) is 21.5. The van der Waals surface area contributed by atoms with Gasteiger partial charge in [-0.1, -0.05) is 13.5 Å². The lowest BCUT2D eigenvalue weighted by atomic mass is 10.1. The zero-order valence-corrected chi connectivity index (χ0v) is 8.69. The van der Waals surface area contributed by atoms with Crippen LogP contribution in [0.4, 0.5) is 0 Å². The molecule has 1 atom stereocenters. The van der Waals surface area contributed by atoms with Crippen molar-refractivity contribution in [2.45, 2.75) is 26.4 Å². The van der Waals surface area contributed by atoms with Crippen molar-refractivity contribution in [3.05, 3.63) is 24.0 Å². The van der Waals surface area contributed by atoms with Gasteiger partial charge in [-0.25, -0.2) is 9.59 Å². The summed E-state index contributed by atoms with van der Waals surface area (Å²) in [6.45, 7) is 6.07. The van der Waals surface area contributed by atoms with Gasteiger partial charge in [-0.3, -0.25) is 0 Å². The second kappa shape index (κ2) is 5.98. The van der Waals surface area contributed by atoms with E-state index in [1.807, 2.05) is 0 Å². The Hall–Kier alpha value is -1.62. The van der Waals surface area contributed by atoms with Crippen LogP contribution >= 0.6 is 0 Å². The summed E-state index contributed by atoms with van der Waals surface area (Å²) in [5.41, 5.74) is -0.195. The van der Waals surface area contributed by atoms with Gasteiger partial charge >= 0.3 is 11.9 Å². The molecule has 2 N–H and O–H groups in total. The summed E-state index contributed by atoms with van der Waals surface area (Å²) in [7, 11) is 0. The maximum Gasteiger partial charge on any atom is 0.335 e. The molecular formula is C10H14O5. The van der Waals surface area contributed by atoms with Gasteiger partial charge < -0.3 is 14.9 Å². The summed E-state index contributed by atoms with van der Waals surface area (Å²) >= 11 is 0. The van der Waals surface area contributed by atoms with Crippen LogP contribution in [0.1, 0.15) is 20.3 Å². The Labute approximate surface area is 87.7 Å². The Morgan fingerprint density at radius 1 is 1.53 bits per heavy atom. The van der Waals surface area contributed by atoms with Gasteiger partial charge in [0.25, 0.3) is 0 Å². The number of carbonyl (C=O) groups is 2. The Morgan fingerprint density at radius 3 is 2.40 bits per heavy atom. The first-order valence-corrected chi connectivity index (χ1v) is 4.40. The van der Waals surface area contributed by atoms with Crippen molar-refractivity contribution in [2.75, 3.05) is 0 Å². The second-order valence-electron chi connectivity index (χ2n) is 2.84. The maximum atomic E-state index is 10.9. The number of hydrogen-bond acceptors (Lipinski definition) is 4. The van der Waals surface area contributed by atoms with Gasteiger partial charge in [0.15, 0.2) is 0 Å². The Bertz CT molecular complexity index is 303. The lowest BCUT2D eigenvalue weighted by Gasteiger charge is -2.14. The van der Waals surface area contributed by atoms with Crippen molar-refractivity contribution >= 4 is 11.9 Å². The molecule has 0 aliphatic rings. The SMILES string of the molecule is C=CC(=O)OC(=C(C)C(=O)O)C(O)CC. The van der Waals surface area contributed by atoms with Crippen LogP contribution in [0.25, 0.3) is 0 Å². The molecule has 1 unspecified atom stereocenters. The molecule has 0 heterocycles. The molecule has 0 fully saturated rings. The highest BCUT2D eigenvalue weighted by Crippen LogP contribution is 2.14. The highest BCUT2D eigenvalue weighted by atomic mass is 16.5. The van der Waals surface area contributed by atoms with Crippen LogP contribution in [0.5, 0.6) is 0 Å². The van der Waals surface area contributed by atoms with E-state index in [2.05, 4.69) is 11.3 Å². The molecule has 0 aromatic rings. The van der Waals surface area contributed by atoms with Gasteiger partial charge in [-0.15, -0.1) is 0 Å². The van der Waals surface area contributed by atoms with Crippen molar-refractivity contribution in [3.8, 4) is 0 Å². The second-order valence-corrected chi connectivity index (χ2v) is 2.84. The fraction of sp³-hybridized carbons (Fsp3) is 0.400. The number of carbonyl (C=O) groups excluding carboxylic acids is 1. The van der Waals surface area contributed by atoms with Gasteiger partial charge in [0.05, 0.1) is 5.57 Å². The smallest absolute Gasteiger partial charge is 0.335 e. The lowest BCUT2D eigenvalue weighted by molar-refractivity contribution is -0.136. The molecule has 0 aliphatic heterocycles. The summed E-state index contributed by atoms with van der Waals surface area (Å²) in [5.74, 6) is -2.28.